The fourth-order valence-electron chi connectivity index (χ4n) is 4.81. The van der Waals surface area contributed by atoms with Crippen LogP contribution in [0.15, 0.2) is 112 Å². The molecule has 156 valence electrons. The monoisotopic (exact) mass is 444 g/mol. The standard InChI is InChI=1S/C30H17ClO2/c31-26-10-5-9-23-25-17-19(13-15-29(25)33-30(23)26)21-7-2-1-6-20(21)18-12-14-28-24(16-18)22-8-3-4-11-27(22)32-28/h1-17H. The van der Waals surface area contributed by atoms with Gasteiger partial charge < -0.3 is 8.83 Å². The zero-order valence-electron chi connectivity index (χ0n) is 17.5. The molecule has 3 heteroatoms. The molecule has 0 aliphatic heterocycles. The Morgan fingerprint density at radius 2 is 1.03 bits per heavy atom. The molecular formula is C30H17ClO2. The zero-order chi connectivity index (χ0) is 21.9. The number of hydrogen-bond donors (Lipinski definition) is 0. The average Bonchev–Trinajstić information content (AvgIpc) is 3.42. The van der Waals surface area contributed by atoms with Crippen LogP contribution in [0.2, 0.25) is 5.02 Å². The average molecular weight is 445 g/mol. The molecule has 2 nitrogen and oxygen atoms in total. The van der Waals surface area contributed by atoms with Crippen molar-refractivity contribution in [2.24, 2.45) is 0 Å². The van der Waals surface area contributed by atoms with Gasteiger partial charge >= 0.3 is 0 Å². The molecule has 0 spiro atoms. The fourth-order valence-corrected chi connectivity index (χ4v) is 5.02. The van der Waals surface area contributed by atoms with Crippen molar-refractivity contribution in [2.45, 2.75) is 0 Å². The number of para-hydroxylation sites is 2. The van der Waals surface area contributed by atoms with Gasteiger partial charge in [-0.05, 0) is 58.7 Å². The third-order valence-electron chi connectivity index (χ3n) is 6.37. The lowest BCUT2D eigenvalue weighted by molar-refractivity contribution is 0.668. The Kier molecular flexibility index (Phi) is 3.93. The van der Waals surface area contributed by atoms with Gasteiger partial charge in [0, 0.05) is 21.5 Å². The molecular weight excluding hydrogens is 428 g/mol. The van der Waals surface area contributed by atoms with E-state index in [1.54, 1.807) is 0 Å². The lowest BCUT2D eigenvalue weighted by Crippen LogP contribution is -1.85. The topological polar surface area (TPSA) is 26.3 Å². The second-order valence-electron chi connectivity index (χ2n) is 8.28. The summed E-state index contributed by atoms with van der Waals surface area (Å²) in [7, 11) is 0. The SMILES string of the molecule is Clc1cccc2c1oc1ccc(-c3ccccc3-c3ccc4oc5ccccc5c4c3)cc12. The van der Waals surface area contributed by atoms with Crippen LogP contribution >= 0.6 is 11.6 Å². The normalized spacial score (nSPS) is 11.8. The molecule has 0 N–H and O–H groups in total. The van der Waals surface area contributed by atoms with Gasteiger partial charge in [-0.25, -0.2) is 0 Å². The number of fused-ring (bicyclic) bond motifs is 6. The summed E-state index contributed by atoms with van der Waals surface area (Å²) in [6.45, 7) is 0. The van der Waals surface area contributed by atoms with Gasteiger partial charge in [0.05, 0.1) is 5.02 Å². The van der Waals surface area contributed by atoms with Crippen LogP contribution in [0.5, 0.6) is 0 Å². The largest absolute Gasteiger partial charge is 0.456 e. The van der Waals surface area contributed by atoms with Crippen molar-refractivity contribution in [3.8, 4) is 22.3 Å². The number of halogens is 1. The van der Waals surface area contributed by atoms with Crippen molar-refractivity contribution < 1.29 is 8.83 Å². The van der Waals surface area contributed by atoms with Gasteiger partial charge in [-0.15, -0.1) is 0 Å². The van der Waals surface area contributed by atoms with E-state index in [9.17, 15) is 0 Å². The van der Waals surface area contributed by atoms with Gasteiger partial charge in [0.1, 0.15) is 16.7 Å². The van der Waals surface area contributed by atoms with Crippen LogP contribution in [-0.4, -0.2) is 0 Å². The summed E-state index contributed by atoms with van der Waals surface area (Å²) in [5.41, 5.74) is 8.03. The highest BCUT2D eigenvalue weighted by molar-refractivity contribution is 6.35. The molecule has 0 aliphatic rings. The Hall–Kier alpha value is -4.01. The zero-order valence-corrected chi connectivity index (χ0v) is 18.3. The van der Waals surface area contributed by atoms with E-state index in [0.29, 0.717) is 5.02 Å². The van der Waals surface area contributed by atoms with Crippen LogP contribution in [0.4, 0.5) is 0 Å². The summed E-state index contributed by atoms with van der Waals surface area (Å²) in [6, 6.07) is 35.3. The minimum atomic E-state index is 0.631. The Morgan fingerprint density at radius 1 is 0.455 bits per heavy atom. The minimum absolute atomic E-state index is 0.631. The third kappa shape index (κ3) is 2.81. The first-order chi connectivity index (χ1) is 16.3. The van der Waals surface area contributed by atoms with Gasteiger partial charge in [-0.2, -0.15) is 0 Å². The Morgan fingerprint density at radius 3 is 1.79 bits per heavy atom. The van der Waals surface area contributed by atoms with Crippen molar-refractivity contribution in [3.05, 3.63) is 108 Å². The highest BCUT2D eigenvalue weighted by Gasteiger charge is 2.14. The first-order valence-corrected chi connectivity index (χ1v) is 11.3. The van der Waals surface area contributed by atoms with E-state index in [1.165, 1.54) is 11.1 Å². The molecule has 0 aliphatic carbocycles. The van der Waals surface area contributed by atoms with E-state index >= 15 is 0 Å². The van der Waals surface area contributed by atoms with E-state index in [1.807, 2.05) is 30.3 Å². The van der Waals surface area contributed by atoms with E-state index in [4.69, 9.17) is 20.4 Å². The molecule has 0 atom stereocenters. The van der Waals surface area contributed by atoms with Crippen LogP contribution in [0.3, 0.4) is 0 Å². The first kappa shape index (κ1) is 18.6. The van der Waals surface area contributed by atoms with E-state index in [0.717, 1.165) is 55.0 Å². The maximum absolute atomic E-state index is 6.37. The summed E-state index contributed by atoms with van der Waals surface area (Å²) >= 11 is 6.37. The first-order valence-electron chi connectivity index (χ1n) is 10.9. The molecule has 5 aromatic carbocycles. The maximum Gasteiger partial charge on any atom is 0.153 e. The molecule has 2 aromatic heterocycles. The lowest BCUT2D eigenvalue weighted by atomic mass is 9.93. The molecule has 0 radical (unpaired) electrons. The van der Waals surface area contributed by atoms with E-state index in [-0.39, 0.29) is 0 Å². The summed E-state index contributed by atoms with van der Waals surface area (Å²) < 4.78 is 12.1. The molecule has 0 saturated carbocycles. The molecule has 33 heavy (non-hydrogen) atoms. The van der Waals surface area contributed by atoms with Crippen LogP contribution < -0.4 is 0 Å². The van der Waals surface area contributed by atoms with Gasteiger partial charge in [0.25, 0.3) is 0 Å². The number of hydrogen-bond acceptors (Lipinski definition) is 2. The summed E-state index contributed by atoms with van der Waals surface area (Å²) in [5, 5.41) is 4.99. The van der Waals surface area contributed by atoms with Crippen LogP contribution in [-0.2, 0) is 0 Å². The van der Waals surface area contributed by atoms with Crippen molar-refractivity contribution in [2.75, 3.05) is 0 Å². The van der Waals surface area contributed by atoms with Gasteiger partial charge in [-0.1, -0.05) is 78.3 Å². The molecule has 0 unspecified atom stereocenters. The van der Waals surface area contributed by atoms with Gasteiger partial charge in [-0.3, -0.25) is 0 Å². The van der Waals surface area contributed by atoms with E-state index < -0.39 is 0 Å². The highest BCUT2D eigenvalue weighted by Crippen LogP contribution is 2.39. The van der Waals surface area contributed by atoms with Crippen molar-refractivity contribution in [1.29, 1.82) is 0 Å². The van der Waals surface area contributed by atoms with Crippen molar-refractivity contribution in [1.82, 2.24) is 0 Å². The van der Waals surface area contributed by atoms with Crippen molar-refractivity contribution in [3.63, 3.8) is 0 Å². The molecule has 2 heterocycles. The molecule has 0 amide bonds. The predicted molar refractivity (Wildman–Crippen MR) is 137 cm³/mol. The summed E-state index contributed by atoms with van der Waals surface area (Å²) in [5.74, 6) is 0. The smallest absolute Gasteiger partial charge is 0.153 e. The summed E-state index contributed by atoms with van der Waals surface area (Å²) in [4.78, 5) is 0. The van der Waals surface area contributed by atoms with Crippen LogP contribution in [0, 0.1) is 0 Å². The quantitative estimate of drug-likeness (QED) is 0.265. The number of benzene rings is 5. The van der Waals surface area contributed by atoms with Crippen LogP contribution in [0.25, 0.3) is 66.1 Å². The highest BCUT2D eigenvalue weighted by atomic mass is 35.5. The van der Waals surface area contributed by atoms with Crippen LogP contribution in [0.1, 0.15) is 0 Å². The molecule has 0 saturated heterocycles. The fraction of sp³-hybridized carbons (Fsp3) is 0. The Bertz CT molecular complexity index is 1840. The number of furan rings is 2. The molecule has 7 rings (SSSR count). The molecule has 0 bridgehead atoms. The maximum atomic E-state index is 6.37. The molecule has 0 fully saturated rings. The third-order valence-corrected chi connectivity index (χ3v) is 6.67. The Balaban J connectivity index is 1.44. The summed E-state index contributed by atoms with van der Waals surface area (Å²) in [6.07, 6.45) is 0. The second-order valence-corrected chi connectivity index (χ2v) is 8.69. The Labute approximate surface area is 194 Å². The number of rotatable bonds is 2. The van der Waals surface area contributed by atoms with Crippen molar-refractivity contribution >= 4 is 55.5 Å². The predicted octanol–water partition coefficient (Wildman–Crippen LogP) is 9.47. The molecule has 7 aromatic rings. The van der Waals surface area contributed by atoms with Gasteiger partial charge in [0.15, 0.2) is 5.58 Å². The lowest BCUT2D eigenvalue weighted by Gasteiger charge is -2.10. The second kappa shape index (κ2) is 6.99. The van der Waals surface area contributed by atoms with E-state index in [2.05, 4.69) is 72.8 Å². The van der Waals surface area contributed by atoms with Gasteiger partial charge in [0.2, 0.25) is 0 Å². The minimum Gasteiger partial charge on any atom is -0.456 e.